The first-order valence-corrected chi connectivity index (χ1v) is 10.1. The van der Waals surface area contributed by atoms with Crippen molar-refractivity contribution in [2.45, 2.75) is 32.2 Å². The molecule has 0 atom stereocenters. The zero-order chi connectivity index (χ0) is 18.8. The fourth-order valence-electron chi connectivity index (χ4n) is 4.01. The number of aryl methyl sites for hydroxylation is 1. The maximum atomic E-state index is 5.81. The van der Waals surface area contributed by atoms with E-state index in [1.54, 1.807) is 0 Å². The average Bonchev–Trinajstić information content (AvgIpc) is 2.77. The van der Waals surface area contributed by atoms with Crippen molar-refractivity contribution < 1.29 is 10.2 Å². The Balaban J connectivity index is 0.00000128. The zero-order valence-corrected chi connectivity index (χ0v) is 17.6. The van der Waals surface area contributed by atoms with Crippen molar-refractivity contribution in [1.29, 1.82) is 0 Å². The molecule has 1 aliphatic heterocycles. The molecule has 1 aromatic heterocycles. The molecule has 0 saturated heterocycles. The summed E-state index contributed by atoms with van der Waals surface area (Å²) in [5, 5.41) is 3.58. The molecule has 158 valence electrons. The quantitative estimate of drug-likeness (QED) is 0.679. The Bertz CT molecular complexity index is 984. The summed E-state index contributed by atoms with van der Waals surface area (Å²) in [6.45, 7) is 2.17. The number of halogens is 1. The molecule has 2 heterocycles. The van der Waals surface area contributed by atoms with Gasteiger partial charge in [-0.15, -0.1) is 12.4 Å². The van der Waals surface area contributed by atoms with E-state index in [4.69, 9.17) is 14.7 Å². The first-order chi connectivity index (χ1) is 13.9. The van der Waals surface area contributed by atoms with Crippen LogP contribution in [0.15, 0.2) is 54.6 Å². The van der Waals surface area contributed by atoms with Crippen molar-refractivity contribution in [3.8, 4) is 5.75 Å². The number of hydrogen-bond donors (Lipinski definition) is 1. The Morgan fingerprint density at radius 2 is 1.70 bits per heavy atom. The third-order valence-corrected chi connectivity index (χ3v) is 5.44. The van der Waals surface area contributed by atoms with Gasteiger partial charge in [-0.1, -0.05) is 42.5 Å². The van der Waals surface area contributed by atoms with E-state index in [1.165, 1.54) is 29.7 Å². The molecule has 0 bridgehead atoms. The third-order valence-electron chi connectivity index (χ3n) is 5.44. The molecule has 3 aromatic rings. The summed E-state index contributed by atoms with van der Waals surface area (Å²) >= 11 is 0. The molecule has 0 radical (unpaired) electrons. The molecule has 0 amide bonds. The molecule has 0 saturated carbocycles. The number of rotatable bonds is 4. The van der Waals surface area contributed by atoms with Crippen molar-refractivity contribution in [1.82, 2.24) is 9.97 Å². The van der Waals surface area contributed by atoms with Gasteiger partial charge in [0.25, 0.3) is 0 Å². The number of aromatic nitrogens is 2. The van der Waals surface area contributed by atoms with Gasteiger partial charge in [0.15, 0.2) is 0 Å². The number of hydrogen-bond acceptors (Lipinski definition) is 5. The van der Waals surface area contributed by atoms with Crippen LogP contribution in [0.2, 0.25) is 0 Å². The van der Waals surface area contributed by atoms with E-state index in [0.717, 1.165) is 49.1 Å². The van der Waals surface area contributed by atoms with Gasteiger partial charge in [0.1, 0.15) is 18.2 Å². The minimum absolute atomic E-state index is 0. The van der Waals surface area contributed by atoms with E-state index < -0.39 is 0 Å². The number of fused-ring (bicyclic) bond motifs is 2. The topological polar surface area (TPSA) is 81.8 Å². The lowest BCUT2D eigenvalue weighted by molar-refractivity contribution is 0.313. The van der Waals surface area contributed by atoms with Gasteiger partial charge >= 0.3 is 0 Å². The fourth-order valence-corrected chi connectivity index (χ4v) is 4.01. The van der Waals surface area contributed by atoms with Crippen LogP contribution in [0.4, 0.5) is 17.5 Å². The molecule has 6 nitrogen and oxygen atoms in total. The van der Waals surface area contributed by atoms with E-state index in [1.807, 2.05) is 24.3 Å². The maximum Gasteiger partial charge on any atom is 0.232 e. The van der Waals surface area contributed by atoms with Crippen LogP contribution in [0.5, 0.6) is 5.75 Å². The van der Waals surface area contributed by atoms with E-state index in [0.29, 0.717) is 6.61 Å². The van der Waals surface area contributed by atoms with Crippen LogP contribution in [0, 0.1) is 0 Å². The molecule has 0 unspecified atom stereocenters. The van der Waals surface area contributed by atoms with Gasteiger partial charge in [0.2, 0.25) is 5.95 Å². The van der Waals surface area contributed by atoms with Crippen LogP contribution >= 0.6 is 12.4 Å². The van der Waals surface area contributed by atoms with Gasteiger partial charge in [-0.25, -0.2) is 4.98 Å². The van der Waals surface area contributed by atoms with Crippen molar-refractivity contribution in [3.05, 3.63) is 71.4 Å². The van der Waals surface area contributed by atoms with Crippen LogP contribution < -0.4 is 15.0 Å². The Morgan fingerprint density at radius 1 is 0.933 bits per heavy atom. The number of nitrogens with zero attached hydrogens (tertiary/aromatic N) is 3. The predicted molar refractivity (Wildman–Crippen MR) is 122 cm³/mol. The van der Waals surface area contributed by atoms with E-state index >= 15 is 0 Å². The molecule has 2 aromatic carbocycles. The lowest BCUT2D eigenvalue weighted by Crippen LogP contribution is -2.30. The molecule has 3 N–H and O–H groups in total. The summed E-state index contributed by atoms with van der Waals surface area (Å²) in [5.74, 6) is 2.65. The lowest BCUT2D eigenvalue weighted by atomic mass is 9.96. The number of benzene rings is 2. The highest BCUT2D eigenvalue weighted by molar-refractivity contribution is 5.85. The van der Waals surface area contributed by atoms with Crippen LogP contribution in [-0.4, -0.2) is 28.6 Å². The highest BCUT2D eigenvalue weighted by atomic mass is 35.5. The molecule has 7 heteroatoms. The Kier molecular flexibility index (Phi) is 7.13. The summed E-state index contributed by atoms with van der Waals surface area (Å²) in [5.41, 5.74) is 4.77. The lowest BCUT2D eigenvalue weighted by Gasteiger charge is -2.31. The molecular formula is C23H27ClN4O2. The maximum absolute atomic E-state index is 5.81. The average molecular weight is 427 g/mol. The minimum Gasteiger partial charge on any atom is -0.490 e. The van der Waals surface area contributed by atoms with E-state index in [-0.39, 0.29) is 17.9 Å². The minimum atomic E-state index is 0. The number of anilines is 3. The van der Waals surface area contributed by atoms with Gasteiger partial charge in [0, 0.05) is 12.1 Å². The zero-order valence-electron chi connectivity index (χ0n) is 16.8. The van der Waals surface area contributed by atoms with Gasteiger partial charge in [-0.05, 0) is 43.4 Å². The summed E-state index contributed by atoms with van der Waals surface area (Å²) in [6, 6.07) is 18.6. The highest BCUT2D eigenvalue weighted by Gasteiger charge is 2.25. The largest absolute Gasteiger partial charge is 0.490 e. The molecule has 5 rings (SSSR count). The number of nitrogens with one attached hydrogen (secondary N) is 1. The van der Waals surface area contributed by atoms with Crippen LogP contribution in [0.25, 0.3) is 0 Å². The van der Waals surface area contributed by atoms with E-state index in [9.17, 15) is 0 Å². The summed E-state index contributed by atoms with van der Waals surface area (Å²) < 4.78 is 5.81. The smallest absolute Gasteiger partial charge is 0.232 e. The SMILES string of the molecule is Cl.O.c1ccc(CNc2nc(N3CCOc4ccccc43)nc3c2CCCC3)cc1. The predicted octanol–water partition coefficient (Wildman–Crippen LogP) is 4.10. The molecule has 1 aliphatic carbocycles. The summed E-state index contributed by atoms with van der Waals surface area (Å²) in [6.07, 6.45) is 4.47. The molecular weight excluding hydrogens is 400 g/mol. The number of para-hydroxylation sites is 2. The van der Waals surface area contributed by atoms with Gasteiger partial charge in [0.05, 0.1) is 17.9 Å². The Hall–Kier alpha value is -2.83. The molecule has 0 fully saturated rings. The first-order valence-electron chi connectivity index (χ1n) is 10.1. The van der Waals surface area contributed by atoms with Gasteiger partial charge in [-0.2, -0.15) is 4.98 Å². The standard InChI is InChI=1S/C23H24N4O.ClH.H2O/c1-2-8-17(9-3-1)16-24-22-18-10-4-5-11-19(18)25-23(26-22)27-14-15-28-21-13-7-6-12-20(21)27;;/h1-3,6-9,12-13H,4-5,10-11,14-16H2,(H,24,25,26);1H;1H2. The highest BCUT2D eigenvalue weighted by Crippen LogP contribution is 2.36. The first kappa shape index (κ1) is 21.9. The number of ether oxygens (including phenoxy) is 1. The summed E-state index contributed by atoms with van der Waals surface area (Å²) in [7, 11) is 0. The van der Waals surface area contributed by atoms with Crippen LogP contribution in [-0.2, 0) is 19.4 Å². The normalized spacial score (nSPS) is 14.3. The Labute approximate surface area is 183 Å². The monoisotopic (exact) mass is 426 g/mol. The fraction of sp³-hybridized carbons (Fsp3) is 0.304. The van der Waals surface area contributed by atoms with Crippen molar-refractivity contribution in [2.75, 3.05) is 23.4 Å². The van der Waals surface area contributed by atoms with Crippen LogP contribution in [0.3, 0.4) is 0 Å². The second-order valence-electron chi connectivity index (χ2n) is 7.31. The van der Waals surface area contributed by atoms with E-state index in [2.05, 4.69) is 40.5 Å². The Morgan fingerprint density at radius 3 is 2.57 bits per heavy atom. The van der Waals surface area contributed by atoms with Crippen molar-refractivity contribution in [2.24, 2.45) is 0 Å². The van der Waals surface area contributed by atoms with Crippen LogP contribution in [0.1, 0.15) is 29.7 Å². The second-order valence-corrected chi connectivity index (χ2v) is 7.31. The molecule has 2 aliphatic rings. The van der Waals surface area contributed by atoms with Crippen molar-refractivity contribution in [3.63, 3.8) is 0 Å². The molecule has 30 heavy (non-hydrogen) atoms. The summed E-state index contributed by atoms with van der Waals surface area (Å²) in [4.78, 5) is 12.1. The van der Waals surface area contributed by atoms with Crippen molar-refractivity contribution >= 4 is 29.9 Å². The molecule has 0 spiro atoms. The van der Waals surface area contributed by atoms with Gasteiger partial charge < -0.3 is 20.4 Å². The van der Waals surface area contributed by atoms with Gasteiger partial charge in [-0.3, -0.25) is 0 Å². The third kappa shape index (κ3) is 4.35. The second kappa shape index (κ2) is 9.78.